The number of benzene rings is 3. The number of methoxy groups -OCH3 is 1. The zero-order valence-electron chi connectivity index (χ0n) is 17.5. The van der Waals surface area contributed by atoms with Crippen molar-refractivity contribution in [1.82, 2.24) is 4.98 Å². The predicted molar refractivity (Wildman–Crippen MR) is 119 cm³/mol. The van der Waals surface area contributed by atoms with Gasteiger partial charge in [-0.15, -0.1) is 0 Å². The van der Waals surface area contributed by atoms with Crippen LogP contribution in [-0.4, -0.2) is 20.5 Å². The summed E-state index contributed by atoms with van der Waals surface area (Å²) in [7, 11) is -2.47. The second kappa shape index (κ2) is 8.84. The molecule has 0 amide bonds. The molecule has 4 aromatic rings. The molecule has 0 aliphatic carbocycles. The summed E-state index contributed by atoms with van der Waals surface area (Å²) in [6.45, 7) is 2.25. The molecular formula is C24H21FN2O4S. The quantitative estimate of drug-likeness (QED) is 0.386. The first kappa shape index (κ1) is 21.6. The van der Waals surface area contributed by atoms with E-state index in [4.69, 9.17) is 9.15 Å². The minimum Gasteiger partial charge on any atom is -0.497 e. The highest BCUT2D eigenvalue weighted by Crippen LogP contribution is 2.33. The highest BCUT2D eigenvalue weighted by molar-refractivity contribution is 7.91. The Morgan fingerprint density at radius 2 is 1.62 bits per heavy atom. The third kappa shape index (κ3) is 4.50. The third-order valence-electron chi connectivity index (χ3n) is 4.89. The van der Waals surface area contributed by atoms with Crippen LogP contribution in [0.1, 0.15) is 11.1 Å². The number of sulfone groups is 1. The van der Waals surface area contributed by atoms with Crippen LogP contribution in [0.5, 0.6) is 5.75 Å². The standard InChI is InChI=1S/C24H21FN2O4S/c1-16-3-7-18(8-4-16)22-27-24(32(28,29)21-13-9-19(25)10-14-21)23(31-22)26-15-17-5-11-20(30-2)12-6-17/h3-14,26H,15H2,1-2H3. The van der Waals surface area contributed by atoms with Gasteiger partial charge in [0.2, 0.25) is 26.6 Å². The summed E-state index contributed by atoms with van der Waals surface area (Å²) in [6, 6.07) is 19.3. The predicted octanol–water partition coefficient (Wildman–Crippen LogP) is 5.24. The van der Waals surface area contributed by atoms with Crippen molar-refractivity contribution in [1.29, 1.82) is 0 Å². The monoisotopic (exact) mass is 452 g/mol. The Morgan fingerprint density at radius 1 is 0.969 bits per heavy atom. The van der Waals surface area contributed by atoms with E-state index in [1.54, 1.807) is 7.11 Å². The summed E-state index contributed by atoms with van der Waals surface area (Å²) in [6.07, 6.45) is 0. The van der Waals surface area contributed by atoms with E-state index in [-0.39, 0.29) is 21.7 Å². The molecule has 1 heterocycles. The van der Waals surface area contributed by atoms with Crippen LogP contribution in [0.25, 0.3) is 11.5 Å². The Bertz CT molecular complexity index is 1310. The van der Waals surface area contributed by atoms with E-state index in [2.05, 4.69) is 10.3 Å². The van der Waals surface area contributed by atoms with Crippen molar-refractivity contribution in [2.45, 2.75) is 23.4 Å². The smallest absolute Gasteiger partial charge is 0.234 e. The number of hydrogen-bond donors (Lipinski definition) is 1. The lowest BCUT2D eigenvalue weighted by Crippen LogP contribution is -2.07. The molecule has 0 saturated heterocycles. The Hall–Kier alpha value is -3.65. The molecule has 1 aromatic heterocycles. The van der Waals surface area contributed by atoms with Gasteiger partial charge in [-0.05, 0) is 61.0 Å². The van der Waals surface area contributed by atoms with Crippen molar-refractivity contribution in [2.75, 3.05) is 12.4 Å². The van der Waals surface area contributed by atoms with E-state index < -0.39 is 15.7 Å². The van der Waals surface area contributed by atoms with Crippen LogP contribution in [0.15, 0.2) is 87.1 Å². The van der Waals surface area contributed by atoms with Crippen LogP contribution in [-0.2, 0) is 16.4 Å². The minimum atomic E-state index is -4.05. The van der Waals surface area contributed by atoms with Gasteiger partial charge in [-0.25, -0.2) is 12.8 Å². The summed E-state index contributed by atoms with van der Waals surface area (Å²) in [5.74, 6) is 0.376. The molecule has 32 heavy (non-hydrogen) atoms. The average molecular weight is 453 g/mol. The van der Waals surface area contributed by atoms with Crippen LogP contribution in [0.2, 0.25) is 0 Å². The van der Waals surface area contributed by atoms with Crippen molar-refractivity contribution in [3.05, 3.63) is 89.7 Å². The maximum absolute atomic E-state index is 13.3. The number of hydrogen-bond acceptors (Lipinski definition) is 6. The summed E-state index contributed by atoms with van der Waals surface area (Å²) in [5, 5.41) is 2.78. The largest absolute Gasteiger partial charge is 0.497 e. The van der Waals surface area contributed by atoms with Crippen LogP contribution >= 0.6 is 0 Å². The number of nitrogens with zero attached hydrogens (tertiary/aromatic N) is 1. The highest BCUT2D eigenvalue weighted by atomic mass is 32.2. The van der Waals surface area contributed by atoms with Gasteiger partial charge < -0.3 is 14.5 Å². The summed E-state index contributed by atoms with van der Waals surface area (Å²) < 4.78 is 50.8. The van der Waals surface area contributed by atoms with E-state index in [9.17, 15) is 12.8 Å². The number of ether oxygens (including phenoxy) is 1. The molecule has 1 N–H and O–H groups in total. The summed E-state index contributed by atoms with van der Waals surface area (Å²) in [4.78, 5) is 4.22. The minimum absolute atomic E-state index is 0.0146. The number of rotatable bonds is 7. The molecule has 0 unspecified atom stereocenters. The zero-order valence-corrected chi connectivity index (χ0v) is 18.3. The van der Waals surface area contributed by atoms with Gasteiger partial charge in [-0.3, -0.25) is 0 Å². The van der Waals surface area contributed by atoms with Gasteiger partial charge >= 0.3 is 0 Å². The Balaban J connectivity index is 1.72. The number of aryl methyl sites for hydroxylation is 1. The second-order valence-electron chi connectivity index (χ2n) is 7.18. The fourth-order valence-electron chi connectivity index (χ4n) is 3.07. The Morgan fingerprint density at radius 3 is 2.25 bits per heavy atom. The van der Waals surface area contributed by atoms with Crippen molar-refractivity contribution in [2.24, 2.45) is 0 Å². The van der Waals surface area contributed by atoms with Gasteiger partial charge in [-0.2, -0.15) is 4.98 Å². The lowest BCUT2D eigenvalue weighted by Gasteiger charge is -2.07. The fourth-order valence-corrected chi connectivity index (χ4v) is 4.35. The number of oxazole rings is 1. The molecule has 3 aromatic carbocycles. The first-order valence-corrected chi connectivity index (χ1v) is 11.3. The fraction of sp³-hybridized carbons (Fsp3) is 0.125. The molecule has 0 aliphatic heterocycles. The molecule has 164 valence electrons. The molecule has 0 radical (unpaired) electrons. The molecule has 0 atom stereocenters. The molecule has 0 bridgehead atoms. The van der Waals surface area contributed by atoms with Gasteiger partial charge in [0.25, 0.3) is 0 Å². The molecule has 8 heteroatoms. The van der Waals surface area contributed by atoms with Crippen LogP contribution in [0.4, 0.5) is 10.3 Å². The first-order chi connectivity index (χ1) is 15.4. The van der Waals surface area contributed by atoms with Crippen molar-refractivity contribution in [3.63, 3.8) is 0 Å². The van der Waals surface area contributed by atoms with Crippen molar-refractivity contribution < 1.29 is 22.0 Å². The Kier molecular flexibility index (Phi) is 5.96. The van der Waals surface area contributed by atoms with Gasteiger partial charge in [0.05, 0.1) is 12.0 Å². The van der Waals surface area contributed by atoms with Crippen molar-refractivity contribution in [3.8, 4) is 17.2 Å². The molecule has 0 aliphatic rings. The number of anilines is 1. The second-order valence-corrected chi connectivity index (χ2v) is 9.04. The van der Waals surface area contributed by atoms with Gasteiger partial charge in [0.1, 0.15) is 11.6 Å². The number of halogens is 1. The summed E-state index contributed by atoms with van der Waals surface area (Å²) >= 11 is 0. The van der Waals surface area contributed by atoms with Crippen molar-refractivity contribution >= 4 is 15.7 Å². The average Bonchev–Trinajstić information content (AvgIpc) is 3.24. The lowest BCUT2D eigenvalue weighted by atomic mass is 10.1. The Labute approximate surface area is 185 Å². The molecule has 0 spiro atoms. The highest BCUT2D eigenvalue weighted by Gasteiger charge is 2.28. The van der Waals surface area contributed by atoms with Gasteiger partial charge in [0.15, 0.2) is 0 Å². The first-order valence-electron chi connectivity index (χ1n) is 9.82. The SMILES string of the molecule is COc1ccc(CNc2oc(-c3ccc(C)cc3)nc2S(=O)(=O)c2ccc(F)cc2)cc1. The maximum atomic E-state index is 13.3. The van der Waals surface area contributed by atoms with Crippen LogP contribution < -0.4 is 10.1 Å². The lowest BCUT2D eigenvalue weighted by molar-refractivity contribution is 0.414. The third-order valence-corrected chi connectivity index (χ3v) is 6.56. The van der Waals surface area contributed by atoms with Crippen LogP contribution in [0, 0.1) is 12.7 Å². The number of aromatic nitrogens is 1. The van der Waals surface area contributed by atoms with E-state index in [0.717, 1.165) is 29.0 Å². The summed E-state index contributed by atoms with van der Waals surface area (Å²) in [5.41, 5.74) is 2.59. The van der Waals surface area contributed by atoms with Gasteiger partial charge in [0, 0.05) is 12.1 Å². The molecular weight excluding hydrogens is 431 g/mol. The molecule has 0 fully saturated rings. The molecule has 0 saturated carbocycles. The molecule has 4 rings (SSSR count). The van der Waals surface area contributed by atoms with E-state index in [0.29, 0.717) is 12.1 Å². The normalized spacial score (nSPS) is 11.3. The topological polar surface area (TPSA) is 81.4 Å². The maximum Gasteiger partial charge on any atom is 0.234 e. The van der Waals surface area contributed by atoms with Gasteiger partial charge in [-0.1, -0.05) is 29.8 Å². The zero-order chi connectivity index (χ0) is 22.7. The van der Waals surface area contributed by atoms with E-state index in [1.165, 1.54) is 12.1 Å². The van der Waals surface area contributed by atoms with E-state index in [1.807, 2.05) is 55.5 Å². The van der Waals surface area contributed by atoms with E-state index >= 15 is 0 Å². The number of nitrogens with one attached hydrogen (secondary N) is 1. The van der Waals surface area contributed by atoms with Crippen LogP contribution in [0.3, 0.4) is 0 Å². The molecule has 6 nitrogen and oxygen atoms in total.